The van der Waals surface area contributed by atoms with Gasteiger partial charge in [-0.3, -0.25) is 0 Å². The van der Waals surface area contributed by atoms with E-state index in [2.05, 4.69) is 0 Å². The molecule has 1 aromatic carbocycles. The third kappa shape index (κ3) is 5.72. The van der Waals surface area contributed by atoms with E-state index in [1.54, 1.807) is 6.07 Å². The molecule has 3 rings (SSSR count). The first kappa shape index (κ1) is 26.4. The fourth-order valence-electron chi connectivity index (χ4n) is 3.67. The molecule has 34 heavy (non-hydrogen) atoms. The van der Waals surface area contributed by atoms with Crippen molar-refractivity contribution < 1.29 is 35.5 Å². The molecule has 1 atom stereocenters. The number of hydrogen-bond donors (Lipinski definition) is 0. The Morgan fingerprint density at radius 2 is 1.82 bits per heavy atom. The molecular weight excluding hydrogens is 496 g/mol. The average molecular weight is 523 g/mol. The van der Waals surface area contributed by atoms with Crippen molar-refractivity contribution in [2.45, 2.75) is 49.0 Å². The van der Waals surface area contributed by atoms with Crippen molar-refractivity contribution in [1.29, 1.82) is 0 Å². The Kier molecular flexibility index (Phi) is 8.25. The number of unbranched alkanes of at least 4 members (excludes halogenated alkanes) is 1. The first-order valence-corrected chi connectivity index (χ1v) is 13.1. The van der Waals surface area contributed by atoms with E-state index in [4.69, 9.17) is 4.74 Å². The monoisotopic (exact) mass is 522 g/mol. The quantitative estimate of drug-likeness (QED) is 0.321. The standard InChI is InChI=1S/C22H26F4N2O4S2/c1-3-5-12-32-21(29)27-13-16(14-27)18-10-11-19(33-18)34(30,31)28(4-2)20(22(24,25)26)15-6-8-17(23)9-7-15/h6-11,16,20H,3-5,12-14H2,1-2H3. The van der Waals surface area contributed by atoms with E-state index in [0.717, 1.165) is 48.4 Å². The van der Waals surface area contributed by atoms with Gasteiger partial charge in [-0.2, -0.15) is 17.5 Å². The molecule has 0 spiro atoms. The zero-order valence-electron chi connectivity index (χ0n) is 18.7. The van der Waals surface area contributed by atoms with E-state index in [9.17, 15) is 30.8 Å². The number of halogens is 4. The van der Waals surface area contributed by atoms with Gasteiger partial charge in [0.2, 0.25) is 0 Å². The minimum atomic E-state index is -4.91. The summed E-state index contributed by atoms with van der Waals surface area (Å²) in [5, 5.41) is 0. The summed E-state index contributed by atoms with van der Waals surface area (Å²) in [4.78, 5) is 14.1. The van der Waals surface area contributed by atoms with E-state index in [1.807, 2.05) is 6.92 Å². The second kappa shape index (κ2) is 10.6. The number of hydrogen-bond acceptors (Lipinski definition) is 5. The molecule has 1 aromatic heterocycles. The Hall–Kier alpha value is -2.18. The number of carbonyl (C=O) groups excluding carboxylic acids is 1. The fourth-order valence-corrected chi connectivity index (χ4v) is 6.81. The number of amides is 1. The molecular formula is C22H26F4N2O4S2. The van der Waals surface area contributed by atoms with Gasteiger partial charge in [0, 0.05) is 30.4 Å². The summed E-state index contributed by atoms with van der Waals surface area (Å²) in [7, 11) is -4.50. The predicted octanol–water partition coefficient (Wildman–Crippen LogP) is 5.54. The summed E-state index contributed by atoms with van der Waals surface area (Å²) in [6.45, 7) is 3.90. The van der Waals surface area contributed by atoms with E-state index in [0.29, 0.717) is 28.9 Å². The third-order valence-electron chi connectivity index (χ3n) is 5.53. The highest BCUT2D eigenvalue weighted by molar-refractivity contribution is 7.91. The van der Waals surface area contributed by atoms with Crippen molar-refractivity contribution in [3.63, 3.8) is 0 Å². The maximum atomic E-state index is 14.0. The smallest absolute Gasteiger partial charge is 0.409 e. The molecule has 1 aliphatic rings. The van der Waals surface area contributed by atoms with Crippen molar-refractivity contribution in [1.82, 2.24) is 9.21 Å². The van der Waals surface area contributed by atoms with E-state index < -0.39 is 40.7 Å². The van der Waals surface area contributed by atoms with Gasteiger partial charge in [0.25, 0.3) is 10.0 Å². The van der Waals surface area contributed by atoms with Crippen LogP contribution >= 0.6 is 11.3 Å². The third-order valence-corrected chi connectivity index (χ3v) is 9.18. The molecule has 12 heteroatoms. The van der Waals surface area contributed by atoms with Gasteiger partial charge in [-0.15, -0.1) is 11.3 Å². The predicted molar refractivity (Wildman–Crippen MR) is 120 cm³/mol. The minimum absolute atomic E-state index is 0.113. The Labute approximate surface area is 200 Å². The number of sulfonamides is 1. The Bertz CT molecular complexity index is 1080. The molecule has 2 heterocycles. The van der Waals surface area contributed by atoms with Crippen molar-refractivity contribution in [2.24, 2.45) is 0 Å². The van der Waals surface area contributed by atoms with Crippen LogP contribution in [0.25, 0.3) is 0 Å². The molecule has 0 N–H and O–H groups in total. The van der Waals surface area contributed by atoms with Crippen LogP contribution in [0, 0.1) is 5.82 Å². The summed E-state index contributed by atoms with van der Waals surface area (Å²) in [6, 6.07) is 4.02. The van der Waals surface area contributed by atoms with Gasteiger partial charge in [-0.25, -0.2) is 17.6 Å². The van der Waals surface area contributed by atoms with Crippen LogP contribution in [-0.2, 0) is 14.8 Å². The number of carbonyl (C=O) groups is 1. The van der Waals surface area contributed by atoms with Crippen LogP contribution < -0.4 is 0 Å². The molecule has 188 valence electrons. The second-order valence-corrected chi connectivity index (χ2v) is 11.2. The first-order valence-electron chi connectivity index (χ1n) is 10.8. The van der Waals surface area contributed by atoms with Gasteiger partial charge >= 0.3 is 12.3 Å². The van der Waals surface area contributed by atoms with E-state index in [1.165, 1.54) is 17.9 Å². The molecule has 2 aromatic rings. The van der Waals surface area contributed by atoms with Gasteiger partial charge in [0.15, 0.2) is 0 Å². The lowest BCUT2D eigenvalue weighted by atomic mass is 9.99. The van der Waals surface area contributed by atoms with Crippen LogP contribution in [0.3, 0.4) is 0 Å². The van der Waals surface area contributed by atoms with Gasteiger partial charge in [-0.05, 0) is 36.2 Å². The highest BCUT2D eigenvalue weighted by Gasteiger charge is 2.49. The van der Waals surface area contributed by atoms with Crippen molar-refractivity contribution in [3.05, 3.63) is 52.7 Å². The summed E-state index contributed by atoms with van der Waals surface area (Å²) >= 11 is 0.893. The van der Waals surface area contributed by atoms with Crippen LogP contribution in [0.2, 0.25) is 0 Å². The van der Waals surface area contributed by atoms with Crippen molar-refractivity contribution >= 4 is 27.5 Å². The van der Waals surface area contributed by atoms with Gasteiger partial charge in [0.1, 0.15) is 16.1 Å². The second-order valence-electron chi connectivity index (χ2n) is 7.93. The van der Waals surface area contributed by atoms with E-state index >= 15 is 0 Å². The molecule has 1 aliphatic heterocycles. The van der Waals surface area contributed by atoms with Gasteiger partial charge in [-0.1, -0.05) is 32.4 Å². The number of benzene rings is 1. The Morgan fingerprint density at radius 3 is 2.38 bits per heavy atom. The van der Waals surface area contributed by atoms with Gasteiger partial charge in [0.05, 0.1) is 6.61 Å². The zero-order valence-corrected chi connectivity index (χ0v) is 20.4. The normalized spacial score (nSPS) is 15.9. The lowest BCUT2D eigenvalue weighted by molar-refractivity contribution is -0.173. The number of ether oxygens (including phenoxy) is 1. The van der Waals surface area contributed by atoms with Gasteiger partial charge < -0.3 is 9.64 Å². The van der Waals surface area contributed by atoms with E-state index in [-0.39, 0.29) is 15.7 Å². The summed E-state index contributed by atoms with van der Waals surface area (Å²) in [6.07, 6.45) is -3.68. The van der Waals surface area contributed by atoms with Crippen molar-refractivity contribution in [3.8, 4) is 0 Å². The molecule has 1 amide bonds. The molecule has 0 aliphatic carbocycles. The molecule has 1 unspecified atom stereocenters. The summed E-state index contributed by atoms with van der Waals surface area (Å²) < 4.78 is 86.9. The summed E-state index contributed by atoms with van der Waals surface area (Å²) in [5.74, 6) is -0.833. The molecule has 6 nitrogen and oxygen atoms in total. The molecule has 1 saturated heterocycles. The van der Waals surface area contributed by atoms with Crippen LogP contribution in [0.4, 0.5) is 22.4 Å². The first-order chi connectivity index (χ1) is 16.0. The minimum Gasteiger partial charge on any atom is -0.449 e. The summed E-state index contributed by atoms with van der Waals surface area (Å²) in [5.41, 5.74) is -0.368. The van der Waals surface area contributed by atoms with Crippen LogP contribution in [0.1, 0.15) is 49.1 Å². The van der Waals surface area contributed by atoms with Crippen LogP contribution in [-0.4, -0.2) is 56.1 Å². The maximum Gasteiger partial charge on any atom is 0.409 e. The Balaban J connectivity index is 1.77. The lowest BCUT2D eigenvalue weighted by Crippen LogP contribution is -2.48. The largest absolute Gasteiger partial charge is 0.449 e. The van der Waals surface area contributed by atoms with Crippen molar-refractivity contribution in [2.75, 3.05) is 26.2 Å². The number of alkyl halides is 3. The highest BCUT2D eigenvalue weighted by atomic mass is 32.2. The number of likely N-dealkylation sites (tertiary alicyclic amines) is 1. The number of rotatable bonds is 9. The Morgan fingerprint density at radius 1 is 1.18 bits per heavy atom. The zero-order chi connectivity index (χ0) is 25.1. The average Bonchev–Trinajstić information content (AvgIpc) is 3.21. The number of nitrogens with zero attached hydrogens (tertiary/aromatic N) is 2. The lowest BCUT2D eigenvalue weighted by Gasteiger charge is -2.37. The van der Waals surface area contributed by atoms with Crippen LogP contribution in [0.5, 0.6) is 0 Å². The van der Waals surface area contributed by atoms with Crippen LogP contribution in [0.15, 0.2) is 40.6 Å². The maximum absolute atomic E-state index is 14.0. The molecule has 0 bridgehead atoms. The molecule has 0 radical (unpaired) electrons. The molecule has 0 saturated carbocycles. The highest BCUT2D eigenvalue weighted by Crippen LogP contribution is 2.42. The SMILES string of the molecule is CCCCOC(=O)N1CC(c2ccc(S(=O)(=O)N(CC)C(c3ccc(F)cc3)C(F)(F)F)s2)C1. The number of thiophene rings is 1. The molecule has 1 fully saturated rings. The fraction of sp³-hybridized carbons (Fsp3) is 0.500. The topological polar surface area (TPSA) is 66.9 Å².